The Morgan fingerprint density at radius 3 is 2.14 bits per heavy atom. The van der Waals surface area contributed by atoms with E-state index in [1.54, 1.807) is 13.8 Å². The molecule has 0 heterocycles. The van der Waals surface area contributed by atoms with Crippen molar-refractivity contribution in [3.05, 3.63) is 35.4 Å². The lowest BCUT2D eigenvalue weighted by Crippen LogP contribution is -2.44. The van der Waals surface area contributed by atoms with Crippen LogP contribution in [0.5, 0.6) is 0 Å². The lowest BCUT2D eigenvalue weighted by atomic mass is 10.00. The first-order valence-electron chi connectivity index (χ1n) is 7.92. The first-order chi connectivity index (χ1) is 10.3. The van der Waals surface area contributed by atoms with Gasteiger partial charge in [0.15, 0.2) is 0 Å². The Kier molecular flexibility index (Phi) is 7.09. The van der Waals surface area contributed by atoms with E-state index in [1.165, 1.54) is 11.1 Å². The number of benzene rings is 1. The van der Waals surface area contributed by atoms with Crippen LogP contribution in [0.4, 0.5) is 0 Å². The molecule has 0 aliphatic carbocycles. The molecule has 1 amide bonds. The highest BCUT2D eigenvalue weighted by Crippen LogP contribution is 2.15. The maximum Gasteiger partial charge on any atom is 0.326 e. The molecule has 0 aliphatic rings. The fraction of sp³-hybridized carbons (Fsp3) is 0.556. The summed E-state index contributed by atoms with van der Waals surface area (Å²) in [5.74, 6) is -0.777. The van der Waals surface area contributed by atoms with Gasteiger partial charge >= 0.3 is 5.97 Å². The molecule has 0 saturated carbocycles. The van der Waals surface area contributed by atoms with Crippen LogP contribution >= 0.6 is 0 Å². The number of carboxylic acid groups (broad SMARTS) is 1. The quantitative estimate of drug-likeness (QED) is 0.774. The maximum absolute atomic E-state index is 11.8. The molecule has 1 aromatic rings. The number of amides is 1. The standard InChI is InChI=1S/C18H27NO3/c1-12(2)15-10-8-14(9-11-15)6-5-7-16(20)19-17(13(3)4)18(21)22/h8-13,17H,5-7H2,1-4H3,(H,19,20)(H,21,22). The molecular formula is C18H27NO3. The van der Waals surface area contributed by atoms with Crippen molar-refractivity contribution in [2.45, 2.75) is 58.9 Å². The molecular weight excluding hydrogens is 278 g/mol. The monoisotopic (exact) mass is 305 g/mol. The predicted molar refractivity (Wildman–Crippen MR) is 87.9 cm³/mol. The number of aryl methyl sites for hydroxylation is 1. The molecule has 0 aromatic heterocycles. The van der Waals surface area contributed by atoms with E-state index >= 15 is 0 Å². The normalized spacial score (nSPS) is 12.5. The van der Waals surface area contributed by atoms with Crippen molar-refractivity contribution in [3.63, 3.8) is 0 Å². The van der Waals surface area contributed by atoms with E-state index in [-0.39, 0.29) is 11.8 Å². The Hall–Kier alpha value is -1.84. The Balaban J connectivity index is 2.40. The summed E-state index contributed by atoms with van der Waals surface area (Å²) < 4.78 is 0. The van der Waals surface area contributed by atoms with Crippen LogP contribution in [0.15, 0.2) is 24.3 Å². The number of carbonyl (C=O) groups excluding carboxylic acids is 1. The molecule has 0 spiro atoms. The van der Waals surface area contributed by atoms with E-state index in [1.807, 2.05) is 0 Å². The van der Waals surface area contributed by atoms with Crippen molar-refractivity contribution in [1.82, 2.24) is 5.32 Å². The summed E-state index contributed by atoms with van der Waals surface area (Å²) in [6, 6.07) is 7.64. The van der Waals surface area contributed by atoms with Gasteiger partial charge in [0.2, 0.25) is 5.91 Å². The van der Waals surface area contributed by atoms with Crippen molar-refractivity contribution in [3.8, 4) is 0 Å². The highest BCUT2D eigenvalue weighted by atomic mass is 16.4. The van der Waals surface area contributed by atoms with Crippen molar-refractivity contribution < 1.29 is 14.7 Å². The molecule has 0 saturated heterocycles. The van der Waals surface area contributed by atoms with Gasteiger partial charge < -0.3 is 10.4 Å². The third kappa shape index (κ3) is 5.88. The zero-order valence-electron chi connectivity index (χ0n) is 13.9. The average Bonchev–Trinajstić information content (AvgIpc) is 2.44. The molecule has 1 rings (SSSR count). The fourth-order valence-electron chi connectivity index (χ4n) is 2.28. The van der Waals surface area contributed by atoms with Gasteiger partial charge in [-0.05, 0) is 35.8 Å². The van der Waals surface area contributed by atoms with Gasteiger partial charge in [-0.15, -0.1) is 0 Å². The van der Waals surface area contributed by atoms with Gasteiger partial charge in [0.1, 0.15) is 6.04 Å². The molecule has 4 nitrogen and oxygen atoms in total. The number of aliphatic carboxylic acids is 1. The van der Waals surface area contributed by atoms with E-state index in [9.17, 15) is 9.59 Å². The molecule has 0 aliphatic heterocycles. The van der Waals surface area contributed by atoms with Gasteiger partial charge in [-0.2, -0.15) is 0 Å². The number of hydrogen-bond acceptors (Lipinski definition) is 2. The fourth-order valence-corrected chi connectivity index (χ4v) is 2.28. The molecule has 4 heteroatoms. The lowest BCUT2D eigenvalue weighted by molar-refractivity contribution is -0.143. The Labute approximate surface area is 132 Å². The zero-order valence-corrected chi connectivity index (χ0v) is 13.9. The summed E-state index contributed by atoms with van der Waals surface area (Å²) in [6.07, 6.45) is 1.89. The molecule has 1 unspecified atom stereocenters. The molecule has 22 heavy (non-hydrogen) atoms. The summed E-state index contributed by atoms with van der Waals surface area (Å²) in [4.78, 5) is 22.9. The van der Waals surface area contributed by atoms with Crippen molar-refractivity contribution in [2.75, 3.05) is 0 Å². The Bertz CT molecular complexity index is 492. The minimum absolute atomic E-state index is 0.120. The van der Waals surface area contributed by atoms with Crippen LogP contribution in [0.2, 0.25) is 0 Å². The summed E-state index contributed by atoms with van der Waals surface area (Å²) in [6.45, 7) is 7.89. The molecule has 1 aromatic carbocycles. The van der Waals surface area contributed by atoms with Crippen LogP contribution in [0.25, 0.3) is 0 Å². The molecule has 2 N–H and O–H groups in total. The first kappa shape index (κ1) is 18.2. The Morgan fingerprint density at radius 2 is 1.68 bits per heavy atom. The van der Waals surface area contributed by atoms with Gasteiger partial charge in [0, 0.05) is 6.42 Å². The largest absolute Gasteiger partial charge is 0.480 e. The van der Waals surface area contributed by atoms with Crippen molar-refractivity contribution >= 4 is 11.9 Å². The maximum atomic E-state index is 11.8. The molecule has 1 atom stereocenters. The summed E-state index contributed by atoms with van der Waals surface area (Å²) in [5, 5.41) is 11.6. The summed E-state index contributed by atoms with van der Waals surface area (Å²) in [7, 11) is 0. The number of hydrogen-bond donors (Lipinski definition) is 2. The number of carbonyl (C=O) groups is 2. The lowest BCUT2D eigenvalue weighted by Gasteiger charge is -2.17. The van der Waals surface area contributed by atoms with Crippen molar-refractivity contribution in [1.29, 1.82) is 0 Å². The van der Waals surface area contributed by atoms with Crippen LogP contribution in [0.1, 0.15) is 57.6 Å². The Morgan fingerprint density at radius 1 is 1.09 bits per heavy atom. The van der Waals surface area contributed by atoms with Crippen LogP contribution in [0, 0.1) is 5.92 Å². The topological polar surface area (TPSA) is 66.4 Å². The first-order valence-corrected chi connectivity index (χ1v) is 7.92. The van der Waals surface area contributed by atoms with Gasteiger partial charge in [-0.1, -0.05) is 52.0 Å². The van der Waals surface area contributed by atoms with Crippen LogP contribution in [-0.2, 0) is 16.0 Å². The molecule has 0 radical (unpaired) electrons. The van der Waals surface area contributed by atoms with Crippen LogP contribution < -0.4 is 5.32 Å². The van der Waals surface area contributed by atoms with Gasteiger partial charge in [-0.25, -0.2) is 4.79 Å². The summed E-state index contributed by atoms with van der Waals surface area (Å²) in [5.41, 5.74) is 2.51. The molecule has 0 fully saturated rings. The van der Waals surface area contributed by atoms with Crippen LogP contribution in [-0.4, -0.2) is 23.0 Å². The van der Waals surface area contributed by atoms with E-state index in [0.717, 1.165) is 12.8 Å². The third-order valence-corrected chi connectivity index (χ3v) is 3.76. The summed E-state index contributed by atoms with van der Waals surface area (Å²) >= 11 is 0. The number of carboxylic acids is 1. The van der Waals surface area contributed by atoms with E-state index in [0.29, 0.717) is 12.3 Å². The van der Waals surface area contributed by atoms with Gasteiger partial charge in [0.25, 0.3) is 0 Å². The van der Waals surface area contributed by atoms with Crippen LogP contribution in [0.3, 0.4) is 0 Å². The van der Waals surface area contributed by atoms with Crippen molar-refractivity contribution in [2.24, 2.45) is 5.92 Å². The van der Waals surface area contributed by atoms with Gasteiger partial charge in [-0.3, -0.25) is 4.79 Å². The minimum atomic E-state index is -0.979. The third-order valence-electron chi connectivity index (χ3n) is 3.76. The number of nitrogens with one attached hydrogen (secondary N) is 1. The number of rotatable bonds is 8. The second-order valence-electron chi connectivity index (χ2n) is 6.38. The highest BCUT2D eigenvalue weighted by Gasteiger charge is 2.22. The minimum Gasteiger partial charge on any atom is -0.480 e. The van der Waals surface area contributed by atoms with Gasteiger partial charge in [0.05, 0.1) is 0 Å². The molecule has 122 valence electrons. The van der Waals surface area contributed by atoms with E-state index in [4.69, 9.17) is 5.11 Å². The predicted octanol–water partition coefficient (Wildman–Crippen LogP) is 3.36. The second kappa shape index (κ2) is 8.57. The second-order valence-corrected chi connectivity index (χ2v) is 6.38. The van der Waals surface area contributed by atoms with E-state index < -0.39 is 12.0 Å². The SMILES string of the molecule is CC(C)c1ccc(CCCC(=O)NC(C(=O)O)C(C)C)cc1. The zero-order chi connectivity index (χ0) is 16.7. The highest BCUT2D eigenvalue weighted by molar-refractivity contribution is 5.83. The average molecular weight is 305 g/mol. The molecule has 0 bridgehead atoms. The van der Waals surface area contributed by atoms with E-state index in [2.05, 4.69) is 43.4 Å². The smallest absolute Gasteiger partial charge is 0.326 e.